The zero-order valence-corrected chi connectivity index (χ0v) is 10.7. The average molecular weight is 276 g/mol. The number of anilines is 1. The first kappa shape index (κ1) is 14.1. The first-order chi connectivity index (χ1) is 9.63. The van der Waals surface area contributed by atoms with Crippen LogP contribution < -0.4 is 10.6 Å². The smallest absolute Gasteiger partial charge is 0.258 e. The Labute approximate surface area is 115 Å². The first-order valence-electron chi connectivity index (χ1n) is 6.15. The van der Waals surface area contributed by atoms with Crippen molar-refractivity contribution in [3.8, 4) is 0 Å². The molecule has 0 aliphatic heterocycles. The molecule has 0 heterocycles. The van der Waals surface area contributed by atoms with Crippen LogP contribution in [0.15, 0.2) is 48.5 Å². The zero-order chi connectivity index (χ0) is 14.5. The Morgan fingerprint density at radius 2 is 1.80 bits per heavy atom. The molecule has 0 radical (unpaired) electrons. The third kappa shape index (κ3) is 3.00. The minimum atomic E-state index is -0.789. The molecule has 0 spiro atoms. The number of halogens is 2. The van der Waals surface area contributed by atoms with Gasteiger partial charge in [-0.1, -0.05) is 18.2 Å². The molecule has 20 heavy (non-hydrogen) atoms. The molecule has 104 valence electrons. The van der Waals surface area contributed by atoms with Gasteiger partial charge in [-0.25, -0.2) is 8.78 Å². The van der Waals surface area contributed by atoms with Gasteiger partial charge in [0.15, 0.2) is 0 Å². The number of benzene rings is 2. The van der Waals surface area contributed by atoms with E-state index in [0.717, 1.165) is 12.1 Å². The van der Waals surface area contributed by atoms with Crippen LogP contribution in [-0.4, -0.2) is 19.0 Å². The van der Waals surface area contributed by atoms with Gasteiger partial charge in [0.2, 0.25) is 0 Å². The summed E-state index contributed by atoms with van der Waals surface area (Å²) in [7, 11) is 0. The van der Waals surface area contributed by atoms with E-state index >= 15 is 0 Å². The fraction of sp³-hybridized carbons (Fsp3) is 0.133. The Kier molecular flexibility index (Phi) is 4.42. The molecular weight excluding hydrogens is 262 g/mol. The molecule has 2 N–H and O–H groups in total. The summed E-state index contributed by atoms with van der Waals surface area (Å²) in [4.78, 5) is 13.6. The quantitative estimate of drug-likeness (QED) is 0.933. The molecule has 0 bridgehead atoms. The van der Waals surface area contributed by atoms with Gasteiger partial charge < -0.3 is 10.6 Å². The molecule has 1 amide bonds. The van der Waals surface area contributed by atoms with Gasteiger partial charge in [0.1, 0.15) is 11.6 Å². The van der Waals surface area contributed by atoms with Crippen LogP contribution in [0.2, 0.25) is 0 Å². The van der Waals surface area contributed by atoms with E-state index in [1.54, 1.807) is 30.3 Å². The Morgan fingerprint density at radius 1 is 1.10 bits per heavy atom. The molecule has 0 aromatic heterocycles. The predicted molar refractivity (Wildman–Crippen MR) is 73.5 cm³/mol. The summed E-state index contributed by atoms with van der Waals surface area (Å²) in [6.45, 7) is 0.325. The van der Waals surface area contributed by atoms with Gasteiger partial charge in [-0.2, -0.15) is 0 Å². The molecule has 0 fully saturated rings. The summed E-state index contributed by atoms with van der Waals surface area (Å²) in [5.41, 5.74) is 5.91. The van der Waals surface area contributed by atoms with Crippen LogP contribution in [0.5, 0.6) is 0 Å². The molecule has 2 rings (SSSR count). The van der Waals surface area contributed by atoms with Crippen molar-refractivity contribution in [2.24, 2.45) is 5.73 Å². The summed E-state index contributed by atoms with van der Waals surface area (Å²) in [6, 6.07) is 11.6. The SMILES string of the molecule is NCCN(C(=O)c1ccccc1)c1ccc(F)cc1F. The molecule has 2 aromatic rings. The van der Waals surface area contributed by atoms with Crippen molar-refractivity contribution in [3.63, 3.8) is 0 Å². The molecule has 0 aliphatic carbocycles. The number of hydrogen-bond acceptors (Lipinski definition) is 2. The van der Waals surface area contributed by atoms with Crippen LogP contribution >= 0.6 is 0 Å². The summed E-state index contributed by atoms with van der Waals surface area (Å²) in [6.07, 6.45) is 0. The Balaban J connectivity index is 2.38. The van der Waals surface area contributed by atoms with E-state index in [9.17, 15) is 13.6 Å². The van der Waals surface area contributed by atoms with E-state index in [0.29, 0.717) is 5.56 Å². The summed E-state index contributed by atoms with van der Waals surface area (Å²) >= 11 is 0. The van der Waals surface area contributed by atoms with Crippen molar-refractivity contribution in [1.29, 1.82) is 0 Å². The fourth-order valence-corrected chi connectivity index (χ4v) is 1.90. The molecule has 0 atom stereocenters. The third-order valence-corrected chi connectivity index (χ3v) is 2.82. The molecule has 0 aliphatic rings. The van der Waals surface area contributed by atoms with E-state index in [1.165, 1.54) is 11.0 Å². The molecule has 0 saturated carbocycles. The summed E-state index contributed by atoms with van der Waals surface area (Å²) in [5, 5.41) is 0. The lowest BCUT2D eigenvalue weighted by atomic mass is 10.1. The molecule has 0 unspecified atom stereocenters. The van der Waals surface area contributed by atoms with Crippen LogP contribution in [0.1, 0.15) is 10.4 Å². The number of rotatable bonds is 4. The first-order valence-corrected chi connectivity index (χ1v) is 6.15. The molecule has 3 nitrogen and oxygen atoms in total. The molecule has 2 aromatic carbocycles. The lowest BCUT2D eigenvalue weighted by Crippen LogP contribution is -2.36. The van der Waals surface area contributed by atoms with Gasteiger partial charge in [0.25, 0.3) is 5.91 Å². The second-order valence-corrected chi connectivity index (χ2v) is 4.21. The Hall–Kier alpha value is -2.27. The largest absolute Gasteiger partial charge is 0.329 e. The Bertz CT molecular complexity index is 602. The van der Waals surface area contributed by atoms with E-state index in [-0.39, 0.29) is 24.7 Å². The van der Waals surface area contributed by atoms with Crippen LogP contribution in [0.4, 0.5) is 14.5 Å². The van der Waals surface area contributed by atoms with Gasteiger partial charge in [-0.05, 0) is 24.3 Å². The highest BCUT2D eigenvalue weighted by atomic mass is 19.1. The minimum absolute atomic E-state index is 0.0192. The van der Waals surface area contributed by atoms with Crippen molar-refractivity contribution in [3.05, 3.63) is 65.7 Å². The normalized spacial score (nSPS) is 10.3. The van der Waals surface area contributed by atoms with Crippen LogP contribution in [0, 0.1) is 11.6 Å². The molecule has 5 heteroatoms. The highest BCUT2D eigenvalue weighted by Gasteiger charge is 2.20. The number of carbonyl (C=O) groups excluding carboxylic acids is 1. The monoisotopic (exact) mass is 276 g/mol. The van der Waals surface area contributed by atoms with Gasteiger partial charge in [0, 0.05) is 24.7 Å². The topological polar surface area (TPSA) is 46.3 Å². The standard InChI is InChI=1S/C15H14F2N2O/c16-12-6-7-14(13(17)10-12)19(9-8-18)15(20)11-4-2-1-3-5-11/h1-7,10H,8-9,18H2. The number of carbonyl (C=O) groups is 1. The van der Waals surface area contributed by atoms with Crippen LogP contribution in [0.25, 0.3) is 0 Å². The molecular formula is C15H14F2N2O. The summed E-state index contributed by atoms with van der Waals surface area (Å²) in [5.74, 6) is -1.85. The average Bonchev–Trinajstić information content (AvgIpc) is 2.46. The zero-order valence-electron chi connectivity index (χ0n) is 10.7. The number of hydrogen-bond donors (Lipinski definition) is 1. The maximum absolute atomic E-state index is 13.8. The number of nitrogens with two attached hydrogens (primary N) is 1. The predicted octanol–water partition coefficient (Wildman–Crippen LogP) is 2.57. The second-order valence-electron chi connectivity index (χ2n) is 4.21. The van der Waals surface area contributed by atoms with Crippen LogP contribution in [0.3, 0.4) is 0 Å². The van der Waals surface area contributed by atoms with Crippen molar-refractivity contribution in [1.82, 2.24) is 0 Å². The van der Waals surface area contributed by atoms with E-state index in [2.05, 4.69) is 0 Å². The second kappa shape index (κ2) is 6.25. The lowest BCUT2D eigenvalue weighted by Gasteiger charge is -2.22. The Morgan fingerprint density at radius 3 is 2.40 bits per heavy atom. The van der Waals surface area contributed by atoms with Crippen molar-refractivity contribution in [2.45, 2.75) is 0 Å². The number of nitrogens with zero attached hydrogens (tertiary/aromatic N) is 1. The van der Waals surface area contributed by atoms with E-state index < -0.39 is 11.6 Å². The highest BCUT2D eigenvalue weighted by Crippen LogP contribution is 2.22. The maximum atomic E-state index is 13.8. The minimum Gasteiger partial charge on any atom is -0.329 e. The van der Waals surface area contributed by atoms with Gasteiger partial charge in [-0.15, -0.1) is 0 Å². The third-order valence-electron chi connectivity index (χ3n) is 2.82. The van der Waals surface area contributed by atoms with E-state index in [4.69, 9.17) is 5.73 Å². The van der Waals surface area contributed by atoms with Gasteiger partial charge >= 0.3 is 0 Å². The van der Waals surface area contributed by atoms with Gasteiger partial charge in [0.05, 0.1) is 5.69 Å². The van der Waals surface area contributed by atoms with Crippen molar-refractivity contribution in [2.75, 3.05) is 18.0 Å². The van der Waals surface area contributed by atoms with Crippen LogP contribution in [-0.2, 0) is 0 Å². The lowest BCUT2D eigenvalue weighted by molar-refractivity contribution is 0.0986. The number of amides is 1. The van der Waals surface area contributed by atoms with Crippen molar-refractivity contribution < 1.29 is 13.6 Å². The molecule has 0 saturated heterocycles. The van der Waals surface area contributed by atoms with Crippen molar-refractivity contribution >= 4 is 11.6 Å². The fourth-order valence-electron chi connectivity index (χ4n) is 1.90. The van der Waals surface area contributed by atoms with Gasteiger partial charge in [-0.3, -0.25) is 4.79 Å². The maximum Gasteiger partial charge on any atom is 0.258 e. The summed E-state index contributed by atoms with van der Waals surface area (Å²) < 4.78 is 26.8. The highest BCUT2D eigenvalue weighted by molar-refractivity contribution is 6.06. The van der Waals surface area contributed by atoms with E-state index in [1.807, 2.05) is 0 Å².